The Kier molecular flexibility index (Phi) is 3.65. The van der Waals surface area contributed by atoms with Crippen molar-refractivity contribution in [2.24, 2.45) is 5.92 Å². The second-order valence-corrected chi connectivity index (χ2v) is 8.20. The molecule has 0 unspecified atom stereocenters. The summed E-state index contributed by atoms with van der Waals surface area (Å²) in [6.07, 6.45) is 4.92. The molecular formula is C18H22N2O2S. The number of piperidine rings is 1. The van der Waals surface area contributed by atoms with Crippen LogP contribution in [-0.4, -0.2) is 39.6 Å². The van der Waals surface area contributed by atoms with Crippen molar-refractivity contribution < 1.29 is 9.90 Å². The van der Waals surface area contributed by atoms with E-state index in [-0.39, 0.29) is 11.8 Å². The second-order valence-electron chi connectivity index (χ2n) is 6.96. The molecule has 1 aliphatic heterocycles. The Labute approximate surface area is 140 Å². The highest BCUT2D eigenvalue weighted by atomic mass is 32.1. The molecule has 4 rings (SSSR count). The molecule has 23 heavy (non-hydrogen) atoms. The number of fused-ring (bicyclic) bond motifs is 2. The van der Waals surface area contributed by atoms with Gasteiger partial charge in [0.15, 0.2) is 0 Å². The number of aliphatic hydroxyl groups is 1. The van der Waals surface area contributed by atoms with Gasteiger partial charge in [0.05, 0.1) is 20.8 Å². The highest BCUT2D eigenvalue weighted by Gasteiger charge is 2.43. The molecule has 1 amide bonds. The molecule has 0 radical (unpaired) electrons. The van der Waals surface area contributed by atoms with Crippen LogP contribution in [0, 0.1) is 12.8 Å². The van der Waals surface area contributed by atoms with Crippen molar-refractivity contribution in [3.63, 3.8) is 0 Å². The van der Waals surface area contributed by atoms with E-state index in [0.29, 0.717) is 19.5 Å². The van der Waals surface area contributed by atoms with E-state index in [1.807, 2.05) is 30.0 Å². The lowest BCUT2D eigenvalue weighted by molar-refractivity contribution is -0.0886. The molecule has 2 fully saturated rings. The smallest absolute Gasteiger partial charge is 0.253 e. The molecule has 1 aromatic heterocycles. The van der Waals surface area contributed by atoms with Crippen molar-refractivity contribution >= 4 is 27.5 Å². The molecule has 1 aliphatic carbocycles. The quantitative estimate of drug-likeness (QED) is 0.872. The van der Waals surface area contributed by atoms with Gasteiger partial charge in [-0.15, -0.1) is 11.3 Å². The molecule has 0 spiro atoms. The van der Waals surface area contributed by atoms with Crippen LogP contribution >= 0.6 is 11.3 Å². The molecular weight excluding hydrogens is 308 g/mol. The Hall–Kier alpha value is -1.46. The number of aromatic nitrogens is 1. The number of benzene rings is 1. The maximum Gasteiger partial charge on any atom is 0.253 e. The van der Waals surface area contributed by atoms with Gasteiger partial charge in [-0.3, -0.25) is 4.79 Å². The van der Waals surface area contributed by atoms with Gasteiger partial charge < -0.3 is 10.0 Å². The fraction of sp³-hybridized carbons (Fsp3) is 0.556. The van der Waals surface area contributed by atoms with Crippen molar-refractivity contribution in [3.05, 3.63) is 28.8 Å². The monoisotopic (exact) mass is 330 g/mol. The highest BCUT2D eigenvalue weighted by Crippen LogP contribution is 2.40. The molecule has 4 nitrogen and oxygen atoms in total. The Morgan fingerprint density at radius 3 is 3.13 bits per heavy atom. The van der Waals surface area contributed by atoms with Gasteiger partial charge >= 0.3 is 0 Å². The molecule has 5 heteroatoms. The van der Waals surface area contributed by atoms with E-state index in [1.165, 1.54) is 6.42 Å². The minimum atomic E-state index is -0.534. The van der Waals surface area contributed by atoms with E-state index in [4.69, 9.17) is 0 Å². The van der Waals surface area contributed by atoms with Crippen LogP contribution in [0.4, 0.5) is 0 Å². The third-order valence-electron chi connectivity index (χ3n) is 5.46. The number of hydrogen-bond acceptors (Lipinski definition) is 4. The normalized spacial score (nSPS) is 27.9. The van der Waals surface area contributed by atoms with Crippen LogP contribution in [0.3, 0.4) is 0 Å². The summed E-state index contributed by atoms with van der Waals surface area (Å²) in [5.41, 5.74) is 1.17. The van der Waals surface area contributed by atoms with Crippen LogP contribution in [-0.2, 0) is 0 Å². The minimum Gasteiger partial charge on any atom is -0.389 e. The van der Waals surface area contributed by atoms with E-state index in [2.05, 4.69) is 4.98 Å². The highest BCUT2D eigenvalue weighted by molar-refractivity contribution is 7.18. The summed E-state index contributed by atoms with van der Waals surface area (Å²) in [7, 11) is 0. The van der Waals surface area contributed by atoms with E-state index < -0.39 is 5.60 Å². The number of carbonyl (C=O) groups is 1. The maximum absolute atomic E-state index is 12.9. The number of rotatable bonds is 1. The first kappa shape index (κ1) is 15.1. The third kappa shape index (κ3) is 2.66. The Bertz CT molecular complexity index is 757. The summed E-state index contributed by atoms with van der Waals surface area (Å²) in [6.45, 7) is 3.33. The summed E-state index contributed by atoms with van der Waals surface area (Å²) in [4.78, 5) is 19.2. The van der Waals surface area contributed by atoms with Crippen molar-refractivity contribution in [1.29, 1.82) is 0 Å². The van der Waals surface area contributed by atoms with Crippen LogP contribution in [0.25, 0.3) is 10.2 Å². The number of nitrogens with zero attached hydrogens (tertiary/aromatic N) is 2. The maximum atomic E-state index is 12.9. The molecule has 2 heterocycles. The van der Waals surface area contributed by atoms with Crippen LogP contribution < -0.4 is 0 Å². The zero-order valence-electron chi connectivity index (χ0n) is 13.4. The number of thiazole rings is 1. The van der Waals surface area contributed by atoms with E-state index in [9.17, 15) is 9.90 Å². The molecule has 0 bridgehead atoms. The van der Waals surface area contributed by atoms with Crippen molar-refractivity contribution in [2.75, 3.05) is 13.1 Å². The Morgan fingerprint density at radius 2 is 2.26 bits per heavy atom. The largest absolute Gasteiger partial charge is 0.389 e. The Balaban J connectivity index is 1.56. The van der Waals surface area contributed by atoms with Gasteiger partial charge in [0.2, 0.25) is 0 Å². The van der Waals surface area contributed by atoms with Crippen LogP contribution in [0.15, 0.2) is 18.2 Å². The predicted octanol–water partition coefficient (Wildman–Crippen LogP) is 3.37. The van der Waals surface area contributed by atoms with Crippen molar-refractivity contribution in [1.82, 2.24) is 9.88 Å². The molecule has 1 saturated carbocycles. The zero-order chi connectivity index (χ0) is 16.0. The van der Waals surface area contributed by atoms with E-state index >= 15 is 0 Å². The lowest BCUT2D eigenvalue weighted by Crippen LogP contribution is -2.54. The second kappa shape index (κ2) is 5.56. The van der Waals surface area contributed by atoms with E-state index in [0.717, 1.165) is 40.1 Å². The van der Waals surface area contributed by atoms with Gasteiger partial charge in [-0.25, -0.2) is 4.98 Å². The van der Waals surface area contributed by atoms with E-state index in [1.54, 1.807) is 11.3 Å². The number of amides is 1. The summed E-state index contributed by atoms with van der Waals surface area (Å²) >= 11 is 1.63. The first-order chi connectivity index (χ1) is 11.0. The van der Waals surface area contributed by atoms with Gasteiger partial charge in [0.25, 0.3) is 5.91 Å². The minimum absolute atomic E-state index is 0.0885. The third-order valence-corrected chi connectivity index (χ3v) is 6.39. The first-order valence-electron chi connectivity index (χ1n) is 8.44. The van der Waals surface area contributed by atoms with Gasteiger partial charge in [0.1, 0.15) is 0 Å². The fourth-order valence-corrected chi connectivity index (χ4v) is 4.98. The average Bonchev–Trinajstić information content (AvgIpc) is 2.92. The lowest BCUT2D eigenvalue weighted by Gasteiger charge is -2.47. The molecule has 2 atom stereocenters. The predicted molar refractivity (Wildman–Crippen MR) is 91.8 cm³/mol. The van der Waals surface area contributed by atoms with Gasteiger partial charge in [-0.1, -0.05) is 12.8 Å². The summed E-state index contributed by atoms with van der Waals surface area (Å²) in [5, 5.41) is 11.8. The SMILES string of the molecule is Cc1nc2ccc(C(=O)N3CC[C@]4(O)CCCC[C@H]4C3)cc2s1. The number of aryl methyl sites for hydroxylation is 1. The standard InChI is InChI=1S/C18H22N2O2S/c1-12-19-15-6-5-13(10-16(15)23-12)17(21)20-9-8-18(22)7-3-2-4-14(18)11-20/h5-6,10,14,22H,2-4,7-9,11H2,1H3/t14-,18+/m0/s1. The van der Waals surface area contributed by atoms with Crippen molar-refractivity contribution in [3.8, 4) is 0 Å². The molecule has 1 N–H and O–H groups in total. The summed E-state index contributed by atoms with van der Waals surface area (Å²) in [6, 6.07) is 5.78. The molecule has 2 aromatic rings. The average molecular weight is 330 g/mol. The van der Waals surface area contributed by atoms with Gasteiger partial charge in [-0.05, 0) is 44.4 Å². The van der Waals surface area contributed by atoms with Crippen LogP contribution in [0.1, 0.15) is 47.5 Å². The zero-order valence-corrected chi connectivity index (χ0v) is 14.2. The van der Waals surface area contributed by atoms with Gasteiger partial charge in [-0.2, -0.15) is 0 Å². The number of likely N-dealkylation sites (tertiary alicyclic amines) is 1. The Morgan fingerprint density at radius 1 is 1.39 bits per heavy atom. The van der Waals surface area contributed by atoms with Crippen LogP contribution in [0.5, 0.6) is 0 Å². The first-order valence-corrected chi connectivity index (χ1v) is 9.26. The number of hydrogen-bond donors (Lipinski definition) is 1. The lowest BCUT2D eigenvalue weighted by atomic mass is 9.71. The topological polar surface area (TPSA) is 53.4 Å². The number of carbonyl (C=O) groups excluding carboxylic acids is 1. The fourth-order valence-electron chi connectivity index (χ4n) is 4.11. The molecule has 122 valence electrons. The molecule has 1 saturated heterocycles. The summed E-state index contributed by atoms with van der Waals surface area (Å²) < 4.78 is 1.07. The van der Waals surface area contributed by atoms with Crippen molar-refractivity contribution in [2.45, 2.75) is 44.6 Å². The molecule has 2 aliphatic rings. The van der Waals surface area contributed by atoms with Gasteiger partial charge in [0, 0.05) is 24.6 Å². The van der Waals surface area contributed by atoms with Crippen LogP contribution in [0.2, 0.25) is 0 Å². The summed E-state index contributed by atoms with van der Waals surface area (Å²) in [5.74, 6) is 0.328. The molecule has 1 aromatic carbocycles.